The van der Waals surface area contributed by atoms with Crippen LogP contribution in [0.3, 0.4) is 0 Å². The van der Waals surface area contributed by atoms with E-state index in [1.54, 1.807) is 18.0 Å². The molecule has 6 heteroatoms. The summed E-state index contributed by atoms with van der Waals surface area (Å²) in [6, 6.07) is 12.0. The van der Waals surface area contributed by atoms with Crippen molar-refractivity contribution in [2.24, 2.45) is 5.92 Å². The molecule has 5 rings (SSSR count). The lowest BCUT2D eigenvalue weighted by atomic mass is 9.52. The second-order valence-electron chi connectivity index (χ2n) is 9.64. The molecule has 1 saturated carbocycles. The molecular weight excluding hydrogens is 425 g/mol. The number of hydrogen-bond donors (Lipinski definition) is 1. The van der Waals surface area contributed by atoms with Gasteiger partial charge >= 0.3 is 6.18 Å². The van der Waals surface area contributed by atoms with Gasteiger partial charge in [0.25, 0.3) is 5.91 Å². The topological polar surface area (TPSA) is 32.3 Å². The Bertz CT molecular complexity index is 1090. The first-order valence-corrected chi connectivity index (χ1v) is 11.8. The molecule has 0 unspecified atom stereocenters. The van der Waals surface area contributed by atoms with Gasteiger partial charge in [-0.15, -0.1) is 0 Å². The average molecular weight is 455 g/mol. The Morgan fingerprint density at radius 2 is 1.94 bits per heavy atom. The summed E-state index contributed by atoms with van der Waals surface area (Å²) in [4.78, 5) is 14.6. The highest BCUT2D eigenvalue weighted by atomic mass is 19.4. The number of likely N-dealkylation sites (N-methyl/N-ethyl adjacent to an activating group) is 1. The Morgan fingerprint density at radius 3 is 2.76 bits per heavy atom. The molecule has 0 spiro atoms. The van der Waals surface area contributed by atoms with E-state index in [9.17, 15) is 18.0 Å². The zero-order valence-corrected chi connectivity index (χ0v) is 18.8. The molecule has 2 aromatic carbocycles. The summed E-state index contributed by atoms with van der Waals surface area (Å²) in [5, 5.41) is 3.72. The SMILES string of the molecule is CN(C(=O)C=Cc1ccccc1C(F)(F)F)c1cccc2c1C[C@H]1NCC[C@@]23CCCC[C@@H]13. The van der Waals surface area contributed by atoms with Crippen molar-refractivity contribution >= 4 is 17.7 Å². The number of carbonyl (C=O) groups excluding carboxylic acids is 1. The molecular formula is C27H29F3N2O. The normalized spacial score (nSPS) is 26.5. The molecule has 1 amide bonds. The number of halogens is 3. The van der Waals surface area contributed by atoms with Crippen LogP contribution in [0.15, 0.2) is 48.5 Å². The quantitative estimate of drug-likeness (QED) is 0.601. The highest BCUT2D eigenvalue weighted by molar-refractivity contribution is 6.04. The Kier molecular flexibility index (Phi) is 5.60. The standard InChI is InChI=1S/C27H29F3N2O/c1-32(25(33)13-12-18-7-2-3-8-20(18)27(28,29)30)24-11-6-10-21-19(24)17-23-22-9-4-5-14-26(21,22)15-16-31-23/h2-3,6-8,10-13,22-23,31H,4-5,9,14-17H2,1H3/t22-,23+,26-/m0/s1. The predicted octanol–water partition coefficient (Wildman–Crippen LogP) is 5.73. The molecule has 1 saturated heterocycles. The van der Waals surface area contributed by atoms with Crippen molar-refractivity contribution < 1.29 is 18.0 Å². The van der Waals surface area contributed by atoms with Crippen LogP contribution >= 0.6 is 0 Å². The van der Waals surface area contributed by atoms with Crippen LogP contribution in [0.2, 0.25) is 0 Å². The minimum absolute atomic E-state index is 0.00971. The van der Waals surface area contributed by atoms with Gasteiger partial charge < -0.3 is 10.2 Å². The Morgan fingerprint density at radius 1 is 1.12 bits per heavy atom. The smallest absolute Gasteiger partial charge is 0.313 e. The number of alkyl halides is 3. The van der Waals surface area contributed by atoms with E-state index in [-0.39, 0.29) is 16.9 Å². The number of benzene rings is 2. The van der Waals surface area contributed by atoms with Crippen LogP contribution in [0.1, 0.15) is 54.4 Å². The summed E-state index contributed by atoms with van der Waals surface area (Å²) >= 11 is 0. The number of nitrogens with one attached hydrogen (secondary N) is 1. The van der Waals surface area contributed by atoms with E-state index in [4.69, 9.17) is 0 Å². The van der Waals surface area contributed by atoms with Crippen LogP contribution in [0.4, 0.5) is 18.9 Å². The maximum Gasteiger partial charge on any atom is 0.416 e. The number of rotatable bonds is 3. The summed E-state index contributed by atoms with van der Waals surface area (Å²) in [6.45, 7) is 1.03. The molecule has 3 aliphatic rings. The molecule has 3 atom stereocenters. The van der Waals surface area contributed by atoms with Gasteiger partial charge in [-0.25, -0.2) is 0 Å². The summed E-state index contributed by atoms with van der Waals surface area (Å²) < 4.78 is 39.9. The third-order valence-electron chi connectivity index (χ3n) is 8.04. The highest BCUT2D eigenvalue weighted by Crippen LogP contribution is 2.55. The third-order valence-corrected chi connectivity index (χ3v) is 8.04. The molecule has 2 aromatic rings. The second-order valence-corrected chi connectivity index (χ2v) is 9.64. The van der Waals surface area contributed by atoms with Gasteiger partial charge in [-0.05, 0) is 73.0 Å². The summed E-state index contributed by atoms with van der Waals surface area (Å²) in [5.41, 5.74) is 2.90. The minimum atomic E-state index is -4.46. The monoisotopic (exact) mass is 454 g/mol. The number of anilines is 1. The lowest BCUT2D eigenvalue weighted by Gasteiger charge is -2.56. The highest BCUT2D eigenvalue weighted by Gasteiger charge is 2.52. The first kappa shape index (κ1) is 22.2. The van der Waals surface area contributed by atoms with E-state index in [2.05, 4.69) is 11.4 Å². The molecule has 174 valence electrons. The number of amides is 1. The van der Waals surface area contributed by atoms with Crippen molar-refractivity contribution in [2.75, 3.05) is 18.5 Å². The molecule has 1 N–H and O–H groups in total. The largest absolute Gasteiger partial charge is 0.416 e. The van der Waals surface area contributed by atoms with Gasteiger partial charge in [0.05, 0.1) is 5.56 Å². The van der Waals surface area contributed by atoms with Crippen molar-refractivity contribution in [3.8, 4) is 0 Å². The van der Waals surface area contributed by atoms with Crippen LogP contribution in [-0.4, -0.2) is 25.5 Å². The molecule has 1 aliphatic heterocycles. The van der Waals surface area contributed by atoms with Crippen molar-refractivity contribution in [3.05, 3.63) is 70.8 Å². The summed E-state index contributed by atoms with van der Waals surface area (Å²) in [5.74, 6) is 0.310. The van der Waals surface area contributed by atoms with Gasteiger partial charge in [0.15, 0.2) is 0 Å². The first-order valence-electron chi connectivity index (χ1n) is 11.8. The second kappa shape index (κ2) is 8.32. The number of carbonyl (C=O) groups is 1. The number of hydrogen-bond acceptors (Lipinski definition) is 2. The van der Waals surface area contributed by atoms with Crippen molar-refractivity contribution in [3.63, 3.8) is 0 Å². The van der Waals surface area contributed by atoms with E-state index in [0.29, 0.717) is 12.0 Å². The maximum atomic E-state index is 13.3. The van der Waals surface area contributed by atoms with Gasteiger partial charge in [0, 0.05) is 30.3 Å². The van der Waals surface area contributed by atoms with Crippen LogP contribution < -0.4 is 10.2 Å². The summed E-state index contributed by atoms with van der Waals surface area (Å²) in [7, 11) is 1.71. The zero-order chi connectivity index (χ0) is 23.2. The lowest BCUT2D eigenvalue weighted by Crippen LogP contribution is -2.59. The molecule has 3 nitrogen and oxygen atoms in total. The number of fused-ring (bicyclic) bond motifs is 1. The predicted molar refractivity (Wildman–Crippen MR) is 124 cm³/mol. The Labute approximate surface area is 192 Å². The Hall–Kier alpha value is -2.60. The van der Waals surface area contributed by atoms with Gasteiger partial charge in [0.2, 0.25) is 0 Å². The van der Waals surface area contributed by atoms with Crippen LogP contribution in [0, 0.1) is 5.92 Å². The maximum absolute atomic E-state index is 13.3. The fourth-order valence-corrected chi connectivity index (χ4v) is 6.55. The fourth-order valence-electron chi connectivity index (χ4n) is 6.55. The van der Waals surface area contributed by atoms with E-state index < -0.39 is 11.7 Å². The third kappa shape index (κ3) is 3.78. The van der Waals surface area contributed by atoms with Gasteiger partial charge in [0.1, 0.15) is 0 Å². The minimum Gasteiger partial charge on any atom is -0.313 e. The molecule has 0 aromatic heterocycles. The van der Waals surface area contributed by atoms with Crippen LogP contribution in [0.25, 0.3) is 6.08 Å². The first-order chi connectivity index (χ1) is 15.8. The van der Waals surface area contributed by atoms with E-state index in [0.717, 1.165) is 31.1 Å². The van der Waals surface area contributed by atoms with Crippen LogP contribution in [0.5, 0.6) is 0 Å². The number of nitrogens with zero attached hydrogens (tertiary/aromatic N) is 1. The molecule has 33 heavy (non-hydrogen) atoms. The van der Waals surface area contributed by atoms with Crippen molar-refractivity contribution in [2.45, 2.75) is 56.2 Å². The molecule has 2 bridgehead atoms. The van der Waals surface area contributed by atoms with E-state index >= 15 is 0 Å². The van der Waals surface area contributed by atoms with Crippen molar-refractivity contribution in [1.82, 2.24) is 5.32 Å². The Balaban J connectivity index is 1.46. The lowest BCUT2D eigenvalue weighted by molar-refractivity contribution is -0.137. The van der Waals surface area contributed by atoms with E-state index in [1.807, 2.05) is 12.1 Å². The molecule has 2 fully saturated rings. The average Bonchev–Trinajstić information content (AvgIpc) is 2.81. The fraction of sp³-hybridized carbons (Fsp3) is 0.444. The van der Waals surface area contributed by atoms with Crippen molar-refractivity contribution in [1.29, 1.82) is 0 Å². The molecule has 0 radical (unpaired) electrons. The summed E-state index contributed by atoms with van der Waals surface area (Å²) in [6.07, 6.45) is 5.01. The van der Waals surface area contributed by atoms with Crippen LogP contribution in [-0.2, 0) is 22.8 Å². The number of piperidine rings is 1. The zero-order valence-electron chi connectivity index (χ0n) is 18.8. The van der Waals surface area contributed by atoms with Gasteiger partial charge in [-0.3, -0.25) is 4.79 Å². The van der Waals surface area contributed by atoms with Gasteiger partial charge in [-0.1, -0.05) is 43.2 Å². The van der Waals surface area contributed by atoms with Gasteiger partial charge in [-0.2, -0.15) is 13.2 Å². The molecule has 2 aliphatic carbocycles. The molecule has 1 heterocycles. The van der Waals surface area contributed by atoms with E-state index in [1.165, 1.54) is 61.1 Å².